The number of hydrogen-bond acceptors (Lipinski definition) is 4. The Hall–Kier alpha value is -3.19. The van der Waals surface area contributed by atoms with E-state index in [-0.39, 0.29) is 23.0 Å². The van der Waals surface area contributed by atoms with Crippen molar-refractivity contribution < 1.29 is 28.7 Å². The Morgan fingerprint density at radius 1 is 1.16 bits per heavy atom. The highest BCUT2D eigenvalue weighted by molar-refractivity contribution is 6.46. The third-order valence-electron chi connectivity index (χ3n) is 5.33. The summed E-state index contributed by atoms with van der Waals surface area (Å²) in [5.41, 5.74) is 1.55. The van der Waals surface area contributed by atoms with Crippen molar-refractivity contribution in [3.63, 3.8) is 0 Å². The van der Waals surface area contributed by atoms with Crippen LogP contribution in [-0.2, 0) is 9.59 Å². The third-order valence-corrected chi connectivity index (χ3v) is 5.33. The lowest BCUT2D eigenvalue weighted by Crippen LogP contribution is -3.06. The summed E-state index contributed by atoms with van der Waals surface area (Å²) in [6.07, 6.45) is -0.229. The monoisotopic (exact) mass is 440 g/mol. The molecule has 2 aromatic rings. The van der Waals surface area contributed by atoms with Crippen LogP contribution in [0, 0.1) is 12.7 Å². The molecule has 0 aromatic heterocycles. The lowest BCUT2D eigenvalue weighted by Gasteiger charge is -2.28. The van der Waals surface area contributed by atoms with E-state index in [4.69, 9.17) is 4.74 Å². The minimum absolute atomic E-state index is 0.00644. The average molecular weight is 441 g/mol. The maximum Gasteiger partial charge on any atom is 0.295 e. The van der Waals surface area contributed by atoms with E-state index in [0.717, 1.165) is 16.5 Å². The number of amides is 1. The lowest BCUT2D eigenvalue weighted by molar-refractivity contribution is -0.857. The number of benzene rings is 2. The molecule has 1 fully saturated rings. The van der Waals surface area contributed by atoms with Crippen LogP contribution in [0.25, 0.3) is 5.76 Å². The summed E-state index contributed by atoms with van der Waals surface area (Å²) in [5.74, 6) is -2.86. The predicted molar refractivity (Wildman–Crippen MR) is 117 cm³/mol. The van der Waals surface area contributed by atoms with E-state index in [0.29, 0.717) is 18.7 Å². The van der Waals surface area contributed by atoms with Crippen LogP contribution in [0.4, 0.5) is 4.39 Å². The molecule has 1 aliphatic heterocycles. The van der Waals surface area contributed by atoms with Crippen molar-refractivity contribution >= 4 is 17.4 Å². The molecule has 1 saturated heterocycles. The van der Waals surface area contributed by atoms with E-state index in [1.165, 1.54) is 17.0 Å². The fourth-order valence-electron chi connectivity index (χ4n) is 3.69. The van der Waals surface area contributed by atoms with Gasteiger partial charge in [0.05, 0.1) is 39.3 Å². The van der Waals surface area contributed by atoms with Gasteiger partial charge in [0.1, 0.15) is 0 Å². The van der Waals surface area contributed by atoms with Crippen LogP contribution in [-0.4, -0.2) is 49.9 Å². The minimum Gasteiger partial charge on any atom is -0.872 e. The zero-order valence-electron chi connectivity index (χ0n) is 19.1. The molecule has 0 saturated carbocycles. The van der Waals surface area contributed by atoms with Crippen LogP contribution in [0.2, 0.25) is 0 Å². The molecule has 1 N–H and O–H groups in total. The Bertz CT molecular complexity index is 1040. The second kappa shape index (κ2) is 9.53. The van der Waals surface area contributed by atoms with Crippen molar-refractivity contribution in [1.29, 1.82) is 0 Å². The Morgan fingerprint density at radius 2 is 1.81 bits per heavy atom. The summed E-state index contributed by atoms with van der Waals surface area (Å²) >= 11 is 0. The zero-order chi connectivity index (χ0) is 23.6. The normalized spacial score (nSPS) is 18.1. The number of carbonyl (C=O) groups is 2. The van der Waals surface area contributed by atoms with Gasteiger partial charge < -0.3 is 19.6 Å². The van der Waals surface area contributed by atoms with Crippen molar-refractivity contribution in [3.05, 3.63) is 70.5 Å². The van der Waals surface area contributed by atoms with Crippen molar-refractivity contribution in [2.24, 2.45) is 0 Å². The van der Waals surface area contributed by atoms with E-state index in [1.807, 2.05) is 45.3 Å². The largest absolute Gasteiger partial charge is 0.872 e. The molecule has 1 atom stereocenters. The Balaban J connectivity index is 2.11. The molecule has 1 heterocycles. The summed E-state index contributed by atoms with van der Waals surface area (Å²) in [6.45, 7) is 6.40. The number of hydrogen-bond donors (Lipinski definition) is 1. The molecule has 32 heavy (non-hydrogen) atoms. The van der Waals surface area contributed by atoms with Crippen LogP contribution in [0.3, 0.4) is 0 Å². The first-order valence-corrected chi connectivity index (χ1v) is 10.7. The molecule has 6 nitrogen and oxygen atoms in total. The molecule has 1 amide bonds. The topological polar surface area (TPSA) is 74.1 Å². The maximum absolute atomic E-state index is 14.5. The SMILES string of the molecule is Cc1ccc(C2C(=C([O-])c3ccc(OC(C)C)c(F)c3)C(=O)C(=O)N2CC[NH+](C)C)cc1. The smallest absolute Gasteiger partial charge is 0.295 e. The van der Waals surface area contributed by atoms with Gasteiger partial charge in [-0.3, -0.25) is 9.59 Å². The molecule has 0 spiro atoms. The number of nitrogens with zero attached hydrogens (tertiary/aromatic N) is 1. The molecule has 1 aliphatic rings. The van der Waals surface area contributed by atoms with Gasteiger partial charge >= 0.3 is 0 Å². The minimum atomic E-state index is -0.836. The first kappa shape index (κ1) is 23.5. The van der Waals surface area contributed by atoms with Gasteiger partial charge in [-0.15, -0.1) is 0 Å². The number of halogens is 1. The number of Topliss-reactive ketones (excluding diaryl/α,β-unsaturated/α-hetero) is 1. The number of carbonyl (C=O) groups excluding carboxylic acids is 2. The highest BCUT2D eigenvalue weighted by Crippen LogP contribution is 2.38. The molecule has 3 rings (SSSR count). The van der Waals surface area contributed by atoms with Crippen molar-refractivity contribution in [3.8, 4) is 5.75 Å². The van der Waals surface area contributed by atoms with Crippen LogP contribution in [0.15, 0.2) is 48.0 Å². The number of ketones is 1. The van der Waals surface area contributed by atoms with E-state index in [9.17, 15) is 19.1 Å². The molecular weight excluding hydrogens is 411 g/mol. The van der Waals surface area contributed by atoms with E-state index < -0.39 is 29.3 Å². The molecule has 7 heteroatoms. The van der Waals surface area contributed by atoms with Crippen LogP contribution in [0.5, 0.6) is 5.75 Å². The maximum atomic E-state index is 14.5. The van der Waals surface area contributed by atoms with Crippen molar-refractivity contribution in [2.45, 2.75) is 32.9 Å². The van der Waals surface area contributed by atoms with Gasteiger partial charge in [0.2, 0.25) is 5.78 Å². The molecule has 170 valence electrons. The Labute approximate surface area is 187 Å². The van der Waals surface area contributed by atoms with Gasteiger partial charge in [0.15, 0.2) is 11.6 Å². The van der Waals surface area contributed by atoms with E-state index in [2.05, 4.69) is 0 Å². The van der Waals surface area contributed by atoms with Crippen LogP contribution < -0.4 is 14.7 Å². The average Bonchev–Trinajstić information content (AvgIpc) is 2.98. The predicted octanol–water partition coefficient (Wildman–Crippen LogP) is 1.29. The Morgan fingerprint density at radius 3 is 2.38 bits per heavy atom. The number of aryl methyl sites for hydroxylation is 1. The number of nitrogens with one attached hydrogen (secondary N) is 1. The van der Waals surface area contributed by atoms with Crippen molar-refractivity contribution in [1.82, 2.24) is 4.90 Å². The van der Waals surface area contributed by atoms with Crippen LogP contribution >= 0.6 is 0 Å². The van der Waals surface area contributed by atoms with Gasteiger partial charge in [-0.05, 0) is 44.0 Å². The molecule has 0 aliphatic carbocycles. The van der Waals surface area contributed by atoms with Crippen molar-refractivity contribution in [2.75, 3.05) is 27.2 Å². The number of quaternary nitrogens is 1. The number of ether oxygens (including phenoxy) is 1. The van der Waals surface area contributed by atoms with Gasteiger partial charge in [0, 0.05) is 5.57 Å². The molecular formula is C25H29FN2O4. The Kier molecular flexibility index (Phi) is 6.99. The van der Waals surface area contributed by atoms with Crippen LogP contribution in [0.1, 0.15) is 36.6 Å². The molecule has 0 radical (unpaired) electrons. The molecule has 1 unspecified atom stereocenters. The standard InChI is InChI=1S/C25H29FN2O4/c1-15(2)32-20-11-10-18(14-19(20)26)23(29)21-22(17-8-6-16(3)7-9-17)28(13-12-27(4)5)25(31)24(21)30/h6-11,14-15,22,29H,12-13H2,1-5H3. The summed E-state index contributed by atoms with van der Waals surface area (Å²) in [7, 11) is 3.89. The fourth-order valence-corrected chi connectivity index (χ4v) is 3.69. The second-order valence-corrected chi connectivity index (χ2v) is 8.65. The lowest BCUT2D eigenvalue weighted by atomic mass is 9.94. The number of rotatable bonds is 7. The highest BCUT2D eigenvalue weighted by atomic mass is 19.1. The summed E-state index contributed by atoms with van der Waals surface area (Å²) in [4.78, 5) is 28.4. The summed E-state index contributed by atoms with van der Waals surface area (Å²) in [5, 5.41) is 13.4. The zero-order valence-corrected chi connectivity index (χ0v) is 19.1. The van der Waals surface area contributed by atoms with E-state index in [1.54, 1.807) is 13.8 Å². The third kappa shape index (κ3) is 4.83. The molecule has 2 aromatic carbocycles. The van der Waals surface area contributed by atoms with Gasteiger partial charge in [-0.25, -0.2) is 4.39 Å². The number of likely N-dealkylation sites (N-methyl/N-ethyl adjacent to an activating group) is 1. The summed E-state index contributed by atoms with van der Waals surface area (Å²) in [6, 6.07) is 10.4. The second-order valence-electron chi connectivity index (χ2n) is 8.65. The van der Waals surface area contributed by atoms with Gasteiger partial charge in [-0.1, -0.05) is 41.7 Å². The highest BCUT2D eigenvalue weighted by Gasteiger charge is 2.44. The fraction of sp³-hybridized carbons (Fsp3) is 0.360. The first-order valence-electron chi connectivity index (χ1n) is 10.7. The van der Waals surface area contributed by atoms with Gasteiger partial charge in [-0.2, -0.15) is 0 Å². The summed E-state index contributed by atoms with van der Waals surface area (Å²) < 4.78 is 19.9. The quantitative estimate of drug-likeness (QED) is 0.400. The number of likely N-dealkylation sites (tertiary alicyclic amines) is 1. The van der Waals surface area contributed by atoms with E-state index >= 15 is 0 Å². The first-order chi connectivity index (χ1) is 15.1. The van der Waals surface area contributed by atoms with Gasteiger partial charge in [0.25, 0.3) is 5.91 Å². The molecule has 0 bridgehead atoms.